The van der Waals surface area contributed by atoms with E-state index in [0.29, 0.717) is 31.9 Å². The molecule has 0 bridgehead atoms. The molecule has 3 aliphatic rings. The van der Waals surface area contributed by atoms with E-state index in [1.165, 1.54) is 6.07 Å². The highest BCUT2D eigenvalue weighted by atomic mass is 32.2. The second kappa shape index (κ2) is 8.22. The minimum Gasteiger partial charge on any atom is -0.444 e. The molecule has 2 saturated heterocycles. The number of nitro benzene ring substituents is 1. The molecule has 0 radical (unpaired) electrons. The molecule has 168 valence electrons. The van der Waals surface area contributed by atoms with Gasteiger partial charge in [-0.25, -0.2) is 4.79 Å². The van der Waals surface area contributed by atoms with Crippen molar-refractivity contribution in [1.82, 2.24) is 9.80 Å². The zero-order valence-corrected chi connectivity index (χ0v) is 18.9. The van der Waals surface area contributed by atoms with Gasteiger partial charge in [0.05, 0.1) is 10.8 Å². The lowest BCUT2D eigenvalue weighted by molar-refractivity contribution is -0.384. The molecule has 1 aromatic carbocycles. The van der Waals surface area contributed by atoms with E-state index < -0.39 is 22.7 Å². The molecule has 31 heavy (non-hydrogen) atoms. The van der Waals surface area contributed by atoms with Crippen LogP contribution in [0.1, 0.15) is 32.8 Å². The third-order valence-corrected chi connectivity index (χ3v) is 6.87. The Hall–Kier alpha value is -2.49. The number of ether oxygens (including phenoxy) is 1. The van der Waals surface area contributed by atoms with Crippen LogP contribution < -0.4 is 4.90 Å². The number of likely N-dealkylation sites (tertiary alicyclic amines) is 1. The summed E-state index contributed by atoms with van der Waals surface area (Å²) < 4.78 is 5.60. The molecule has 2 atom stereocenters. The van der Waals surface area contributed by atoms with Crippen molar-refractivity contribution >= 4 is 35.1 Å². The number of non-ortho nitro benzene ring substituents is 1. The number of nitro groups is 1. The number of nitrogens with zero attached hydrogens (tertiary/aromatic N) is 4. The summed E-state index contributed by atoms with van der Waals surface area (Å²) in [6.07, 6.45) is 0.789. The molecule has 10 heteroatoms. The van der Waals surface area contributed by atoms with Gasteiger partial charge in [0.2, 0.25) is 5.91 Å². The Balaban J connectivity index is 1.59. The van der Waals surface area contributed by atoms with Crippen molar-refractivity contribution in [2.45, 2.75) is 51.3 Å². The van der Waals surface area contributed by atoms with Gasteiger partial charge in [0.25, 0.3) is 5.69 Å². The molecule has 3 aliphatic heterocycles. The van der Waals surface area contributed by atoms with Gasteiger partial charge in [0, 0.05) is 49.2 Å². The third kappa shape index (κ3) is 4.44. The monoisotopic (exact) mass is 448 g/mol. The first-order chi connectivity index (χ1) is 14.6. The SMILES string of the molecule is CC(C)(C)OC(=O)N1C[C@@H](N2CCc3ccc([N+](=O)[O-])cc32)C[C@H]1C(=O)N1CCSC1. The largest absolute Gasteiger partial charge is 0.444 e. The Morgan fingerprint density at radius 3 is 2.68 bits per heavy atom. The van der Waals surface area contributed by atoms with Crippen LogP contribution in [0, 0.1) is 10.1 Å². The minimum atomic E-state index is -0.660. The van der Waals surface area contributed by atoms with Gasteiger partial charge in [0.1, 0.15) is 11.6 Å². The van der Waals surface area contributed by atoms with Gasteiger partial charge in [-0.2, -0.15) is 0 Å². The number of carbonyl (C=O) groups excluding carboxylic acids is 2. The molecule has 2 fully saturated rings. The van der Waals surface area contributed by atoms with E-state index in [4.69, 9.17) is 4.74 Å². The highest BCUT2D eigenvalue weighted by molar-refractivity contribution is 7.99. The summed E-state index contributed by atoms with van der Waals surface area (Å²) in [4.78, 5) is 42.5. The fourth-order valence-electron chi connectivity index (χ4n) is 4.48. The summed E-state index contributed by atoms with van der Waals surface area (Å²) in [5.41, 5.74) is 1.27. The average molecular weight is 449 g/mol. The summed E-state index contributed by atoms with van der Waals surface area (Å²) >= 11 is 1.71. The smallest absolute Gasteiger partial charge is 0.411 e. The number of rotatable bonds is 3. The van der Waals surface area contributed by atoms with Crippen molar-refractivity contribution < 1.29 is 19.2 Å². The maximum absolute atomic E-state index is 13.2. The van der Waals surface area contributed by atoms with Crippen LogP contribution in [0.4, 0.5) is 16.2 Å². The zero-order chi connectivity index (χ0) is 22.3. The minimum absolute atomic E-state index is 0.0446. The zero-order valence-electron chi connectivity index (χ0n) is 18.1. The third-order valence-electron chi connectivity index (χ3n) is 5.91. The van der Waals surface area contributed by atoms with Crippen LogP contribution in [0.15, 0.2) is 18.2 Å². The summed E-state index contributed by atoms with van der Waals surface area (Å²) in [5, 5.41) is 11.3. The Morgan fingerprint density at radius 2 is 2.03 bits per heavy atom. The van der Waals surface area contributed by atoms with Crippen molar-refractivity contribution in [3.05, 3.63) is 33.9 Å². The summed E-state index contributed by atoms with van der Waals surface area (Å²) in [7, 11) is 0. The number of hydrogen-bond donors (Lipinski definition) is 0. The maximum Gasteiger partial charge on any atom is 0.411 e. The lowest BCUT2D eigenvalue weighted by atomic mass is 10.1. The number of hydrogen-bond acceptors (Lipinski definition) is 7. The lowest BCUT2D eigenvalue weighted by Gasteiger charge is -2.30. The molecular formula is C21H28N4O5S. The Labute approximate surface area is 185 Å². The van der Waals surface area contributed by atoms with Gasteiger partial charge in [0.15, 0.2) is 0 Å². The number of amides is 2. The van der Waals surface area contributed by atoms with Crippen LogP contribution in [-0.4, -0.2) is 75.7 Å². The van der Waals surface area contributed by atoms with E-state index in [0.717, 1.165) is 23.4 Å². The van der Waals surface area contributed by atoms with Crippen molar-refractivity contribution in [3.8, 4) is 0 Å². The van der Waals surface area contributed by atoms with Crippen molar-refractivity contribution in [2.75, 3.05) is 36.2 Å². The Morgan fingerprint density at radius 1 is 1.26 bits per heavy atom. The summed E-state index contributed by atoms with van der Waals surface area (Å²) in [6, 6.07) is 4.26. The first-order valence-corrected chi connectivity index (χ1v) is 11.7. The van der Waals surface area contributed by atoms with E-state index in [-0.39, 0.29) is 17.6 Å². The predicted octanol–water partition coefficient (Wildman–Crippen LogP) is 2.87. The second-order valence-corrected chi connectivity index (χ2v) is 10.3. The fraction of sp³-hybridized carbons (Fsp3) is 0.619. The highest BCUT2D eigenvalue weighted by Gasteiger charge is 2.46. The Kier molecular flexibility index (Phi) is 5.76. The number of anilines is 1. The van der Waals surface area contributed by atoms with Gasteiger partial charge in [-0.3, -0.25) is 19.8 Å². The Bertz CT molecular complexity index is 896. The van der Waals surface area contributed by atoms with Crippen LogP contribution in [-0.2, 0) is 16.0 Å². The molecule has 2 amide bonds. The van der Waals surface area contributed by atoms with Crippen molar-refractivity contribution in [1.29, 1.82) is 0 Å². The quantitative estimate of drug-likeness (QED) is 0.518. The van der Waals surface area contributed by atoms with E-state index in [9.17, 15) is 19.7 Å². The number of carbonyl (C=O) groups is 2. The van der Waals surface area contributed by atoms with E-state index in [2.05, 4.69) is 4.90 Å². The molecule has 0 unspecified atom stereocenters. The van der Waals surface area contributed by atoms with Crippen LogP contribution in [0.25, 0.3) is 0 Å². The number of thioether (sulfide) groups is 1. The topological polar surface area (TPSA) is 96.2 Å². The van der Waals surface area contributed by atoms with Crippen LogP contribution in [0.3, 0.4) is 0 Å². The molecule has 0 aliphatic carbocycles. The molecule has 0 saturated carbocycles. The first kappa shape index (κ1) is 21.7. The van der Waals surface area contributed by atoms with Crippen LogP contribution in [0.2, 0.25) is 0 Å². The van der Waals surface area contributed by atoms with Gasteiger partial charge in [-0.1, -0.05) is 6.07 Å². The normalized spacial score (nSPS) is 23.3. The molecular weight excluding hydrogens is 420 g/mol. The first-order valence-electron chi connectivity index (χ1n) is 10.5. The second-order valence-electron chi connectivity index (χ2n) is 9.19. The summed E-state index contributed by atoms with van der Waals surface area (Å²) in [5.74, 6) is 1.50. The van der Waals surface area contributed by atoms with Crippen LogP contribution in [0.5, 0.6) is 0 Å². The van der Waals surface area contributed by atoms with Gasteiger partial charge in [-0.15, -0.1) is 11.8 Å². The molecule has 3 heterocycles. The van der Waals surface area contributed by atoms with Gasteiger partial charge in [-0.05, 0) is 39.2 Å². The van der Waals surface area contributed by atoms with E-state index >= 15 is 0 Å². The molecule has 0 N–H and O–H groups in total. The maximum atomic E-state index is 13.2. The molecule has 0 spiro atoms. The molecule has 0 aromatic heterocycles. The van der Waals surface area contributed by atoms with Gasteiger partial charge < -0.3 is 14.5 Å². The van der Waals surface area contributed by atoms with E-state index in [1.54, 1.807) is 33.7 Å². The average Bonchev–Trinajstić information content (AvgIpc) is 3.43. The van der Waals surface area contributed by atoms with Gasteiger partial charge >= 0.3 is 6.09 Å². The highest BCUT2D eigenvalue weighted by Crippen LogP contribution is 2.37. The molecule has 9 nitrogen and oxygen atoms in total. The molecule has 1 aromatic rings. The van der Waals surface area contributed by atoms with E-state index in [1.807, 2.05) is 20.8 Å². The van der Waals surface area contributed by atoms with Crippen molar-refractivity contribution in [3.63, 3.8) is 0 Å². The number of fused-ring (bicyclic) bond motifs is 1. The van der Waals surface area contributed by atoms with Crippen LogP contribution >= 0.6 is 11.8 Å². The van der Waals surface area contributed by atoms with Crippen molar-refractivity contribution in [2.24, 2.45) is 0 Å². The summed E-state index contributed by atoms with van der Waals surface area (Å²) in [6.45, 7) is 7.18. The fourth-order valence-corrected chi connectivity index (χ4v) is 5.44. The predicted molar refractivity (Wildman–Crippen MR) is 118 cm³/mol. The lowest BCUT2D eigenvalue weighted by Crippen LogP contribution is -2.48. The molecule has 4 rings (SSSR count). The number of benzene rings is 1. The standard InChI is InChI=1S/C21H28N4O5S/c1-21(2,3)30-20(27)24-12-16(11-18(24)19(26)22-8-9-31-13-22)23-7-6-14-4-5-15(25(28)29)10-17(14)23/h4-5,10,16,18H,6-9,11-13H2,1-3H3/t16-,18-/m0/s1.